The van der Waals surface area contributed by atoms with Gasteiger partial charge in [0.1, 0.15) is 18.0 Å². The minimum atomic E-state index is -0.960. The number of nitrogen functional groups attached to an aromatic ring is 1. The lowest BCUT2D eigenvalue weighted by Crippen LogP contribution is -2.28. The van der Waals surface area contributed by atoms with Gasteiger partial charge in [0.2, 0.25) is 0 Å². The van der Waals surface area contributed by atoms with Gasteiger partial charge in [0.25, 0.3) is 5.91 Å². The van der Waals surface area contributed by atoms with Gasteiger partial charge in [0.05, 0.1) is 30.8 Å². The van der Waals surface area contributed by atoms with Crippen molar-refractivity contribution in [1.29, 1.82) is 0 Å². The second-order valence-electron chi connectivity index (χ2n) is 9.44. The number of nitrogens with zero attached hydrogens (tertiary/aromatic N) is 3. The van der Waals surface area contributed by atoms with E-state index in [0.29, 0.717) is 42.5 Å². The van der Waals surface area contributed by atoms with Gasteiger partial charge in [-0.3, -0.25) is 4.79 Å². The highest BCUT2D eigenvalue weighted by molar-refractivity contribution is 7.15. The molecule has 6 rings (SSSR count). The van der Waals surface area contributed by atoms with Gasteiger partial charge in [-0.15, -0.1) is 11.3 Å². The average Bonchev–Trinajstić information content (AvgIpc) is 3.41. The highest BCUT2D eigenvalue weighted by Crippen LogP contribution is 2.32. The van der Waals surface area contributed by atoms with Crippen LogP contribution in [0.5, 0.6) is 0 Å². The fraction of sp³-hybridized carbons (Fsp3) is 0.172. The number of benzene rings is 2. The van der Waals surface area contributed by atoms with Gasteiger partial charge in [-0.25, -0.2) is 23.7 Å². The van der Waals surface area contributed by atoms with Gasteiger partial charge >= 0.3 is 0 Å². The van der Waals surface area contributed by atoms with Gasteiger partial charge in [-0.2, -0.15) is 0 Å². The predicted molar refractivity (Wildman–Crippen MR) is 150 cm³/mol. The van der Waals surface area contributed by atoms with Crippen LogP contribution in [0.25, 0.3) is 21.3 Å². The summed E-state index contributed by atoms with van der Waals surface area (Å²) < 4.78 is 32.2. The molecule has 1 saturated heterocycles. The van der Waals surface area contributed by atoms with E-state index in [1.165, 1.54) is 12.4 Å². The van der Waals surface area contributed by atoms with Crippen LogP contribution in [0.15, 0.2) is 67.1 Å². The number of nitrogens with two attached hydrogens (primary N) is 1. The highest BCUT2D eigenvalue weighted by atomic mass is 32.1. The summed E-state index contributed by atoms with van der Waals surface area (Å²) in [7, 11) is 0. The summed E-state index contributed by atoms with van der Waals surface area (Å²) in [5.74, 6) is -1.22. The lowest BCUT2D eigenvalue weighted by Gasteiger charge is -2.26. The molecule has 0 atom stereocenters. The maximum absolute atomic E-state index is 13.6. The number of fused-ring (bicyclic) bond motifs is 1. The van der Waals surface area contributed by atoms with E-state index in [0.717, 1.165) is 43.9 Å². The van der Waals surface area contributed by atoms with Crippen LogP contribution < -0.4 is 16.4 Å². The molecule has 40 heavy (non-hydrogen) atoms. The van der Waals surface area contributed by atoms with Crippen molar-refractivity contribution in [3.8, 4) is 10.4 Å². The number of anilines is 2. The molecule has 1 aliphatic rings. The number of rotatable bonds is 8. The first kappa shape index (κ1) is 25.8. The zero-order chi connectivity index (χ0) is 27.6. The second kappa shape index (κ2) is 10.9. The first-order valence-electron chi connectivity index (χ1n) is 12.6. The normalized spacial score (nSPS) is 13.2. The summed E-state index contributed by atoms with van der Waals surface area (Å²) in [6, 6.07) is 15.3. The topological polar surface area (TPSA) is 115 Å². The maximum Gasteiger partial charge on any atom is 0.255 e. The standard InChI is InChI=1S/C29H24F2N6O2S/c30-23-4-1-16(7-24(23)31)10-35-29(38)22-9-18(19-13-39-14-19)11-33-28(22)34-12-20-3-6-26(40-20)17-2-5-25-21(8-17)27(32)37-15-36-25/h1-9,11,15,19H,10,12-14H2,(H,33,34)(H,35,38)(H2,32,36,37). The van der Waals surface area contributed by atoms with Crippen molar-refractivity contribution >= 4 is 39.8 Å². The molecule has 8 nitrogen and oxygen atoms in total. The van der Waals surface area contributed by atoms with Crippen molar-refractivity contribution in [2.75, 3.05) is 24.3 Å². The number of hydrogen-bond acceptors (Lipinski definition) is 8. The summed E-state index contributed by atoms with van der Waals surface area (Å²) in [6.07, 6.45) is 3.20. The van der Waals surface area contributed by atoms with E-state index >= 15 is 0 Å². The zero-order valence-corrected chi connectivity index (χ0v) is 22.0. The van der Waals surface area contributed by atoms with Crippen molar-refractivity contribution in [3.63, 3.8) is 0 Å². The Morgan fingerprint density at radius 3 is 2.67 bits per heavy atom. The molecule has 0 radical (unpaired) electrons. The summed E-state index contributed by atoms with van der Waals surface area (Å²) >= 11 is 1.61. The Bertz CT molecular complexity index is 1720. The molecular formula is C29H24F2N6O2S. The first-order valence-corrected chi connectivity index (χ1v) is 13.4. The molecule has 3 aromatic heterocycles. The molecule has 0 aliphatic carbocycles. The first-order chi connectivity index (χ1) is 19.4. The molecule has 11 heteroatoms. The minimum Gasteiger partial charge on any atom is -0.383 e. The lowest BCUT2D eigenvalue weighted by molar-refractivity contribution is 0.00826. The monoisotopic (exact) mass is 558 g/mol. The smallest absolute Gasteiger partial charge is 0.255 e. The lowest BCUT2D eigenvalue weighted by atomic mass is 9.97. The fourth-order valence-electron chi connectivity index (χ4n) is 4.40. The molecule has 0 saturated carbocycles. The van der Waals surface area contributed by atoms with E-state index < -0.39 is 11.6 Å². The predicted octanol–water partition coefficient (Wildman–Crippen LogP) is 5.27. The van der Waals surface area contributed by atoms with E-state index in [1.54, 1.807) is 17.5 Å². The summed E-state index contributed by atoms with van der Waals surface area (Å²) in [6.45, 7) is 1.65. The largest absolute Gasteiger partial charge is 0.383 e. The molecule has 4 heterocycles. The van der Waals surface area contributed by atoms with Crippen molar-refractivity contribution in [2.24, 2.45) is 0 Å². The molecule has 5 aromatic rings. The fourth-order valence-corrected chi connectivity index (χ4v) is 5.35. The number of thiophene rings is 1. The summed E-state index contributed by atoms with van der Waals surface area (Å²) in [4.78, 5) is 28.2. The van der Waals surface area contributed by atoms with Crippen LogP contribution in [0.4, 0.5) is 20.4 Å². The van der Waals surface area contributed by atoms with Crippen molar-refractivity contribution in [3.05, 3.63) is 100 Å². The van der Waals surface area contributed by atoms with Gasteiger partial charge in [0.15, 0.2) is 11.6 Å². The van der Waals surface area contributed by atoms with Gasteiger partial charge in [-0.05, 0) is 59.2 Å². The van der Waals surface area contributed by atoms with Crippen molar-refractivity contribution in [1.82, 2.24) is 20.3 Å². The number of carbonyl (C=O) groups excluding carboxylic acids is 1. The number of hydrogen-bond donors (Lipinski definition) is 3. The molecule has 1 aliphatic heterocycles. The molecule has 2 aromatic carbocycles. The number of ether oxygens (including phenoxy) is 1. The number of pyridine rings is 1. The van der Waals surface area contributed by atoms with Crippen LogP contribution >= 0.6 is 11.3 Å². The van der Waals surface area contributed by atoms with Crippen LogP contribution in [0.1, 0.15) is 32.3 Å². The van der Waals surface area contributed by atoms with Gasteiger partial charge < -0.3 is 21.1 Å². The second-order valence-corrected chi connectivity index (χ2v) is 10.6. The van der Waals surface area contributed by atoms with E-state index in [4.69, 9.17) is 10.5 Å². The molecule has 0 unspecified atom stereocenters. The Balaban J connectivity index is 1.19. The Hall–Kier alpha value is -4.48. The molecule has 4 N–H and O–H groups in total. The Morgan fingerprint density at radius 2 is 1.88 bits per heavy atom. The van der Waals surface area contributed by atoms with Crippen LogP contribution in [-0.4, -0.2) is 34.1 Å². The highest BCUT2D eigenvalue weighted by Gasteiger charge is 2.24. The zero-order valence-electron chi connectivity index (χ0n) is 21.2. The van der Waals surface area contributed by atoms with Crippen molar-refractivity contribution < 1.29 is 18.3 Å². The van der Waals surface area contributed by atoms with E-state index in [1.807, 2.05) is 36.4 Å². The molecule has 202 valence electrons. The number of aromatic nitrogens is 3. The van der Waals surface area contributed by atoms with E-state index in [-0.39, 0.29) is 18.4 Å². The van der Waals surface area contributed by atoms with Crippen LogP contribution in [-0.2, 0) is 17.8 Å². The average molecular weight is 559 g/mol. The summed E-state index contributed by atoms with van der Waals surface area (Å²) in [5.41, 5.74) is 9.55. The third kappa shape index (κ3) is 5.33. The number of halogens is 2. The maximum atomic E-state index is 13.6. The molecule has 0 bridgehead atoms. The number of nitrogens with one attached hydrogen (secondary N) is 2. The Labute approximate surface area is 232 Å². The van der Waals surface area contributed by atoms with E-state index in [9.17, 15) is 13.6 Å². The summed E-state index contributed by atoms with van der Waals surface area (Å²) in [5, 5.41) is 6.88. The van der Waals surface area contributed by atoms with Crippen LogP contribution in [0.3, 0.4) is 0 Å². The minimum absolute atomic E-state index is 0.0435. The number of amides is 1. The SMILES string of the molecule is Nc1ncnc2ccc(-c3ccc(CNc4ncc(C5COC5)cc4C(=O)NCc4ccc(F)c(F)c4)s3)cc12. The molecule has 1 fully saturated rings. The molecule has 0 spiro atoms. The Morgan fingerprint density at radius 1 is 1.00 bits per heavy atom. The van der Waals surface area contributed by atoms with Gasteiger partial charge in [0, 0.05) is 33.8 Å². The molecule has 1 amide bonds. The van der Waals surface area contributed by atoms with E-state index in [2.05, 4.69) is 25.6 Å². The van der Waals surface area contributed by atoms with Crippen LogP contribution in [0.2, 0.25) is 0 Å². The van der Waals surface area contributed by atoms with Crippen LogP contribution in [0, 0.1) is 11.6 Å². The van der Waals surface area contributed by atoms with Gasteiger partial charge in [-0.1, -0.05) is 12.1 Å². The number of carbonyl (C=O) groups is 1. The third-order valence-electron chi connectivity index (χ3n) is 6.74. The van der Waals surface area contributed by atoms with Crippen molar-refractivity contribution in [2.45, 2.75) is 19.0 Å². The molecular weight excluding hydrogens is 534 g/mol. The quantitative estimate of drug-likeness (QED) is 0.238. The Kier molecular flexibility index (Phi) is 7.06. The third-order valence-corrected chi connectivity index (χ3v) is 7.88.